The van der Waals surface area contributed by atoms with Gasteiger partial charge in [0, 0.05) is 43.0 Å². The minimum Gasteiger partial charge on any atom is -0.379 e. The Bertz CT molecular complexity index is 1480. The van der Waals surface area contributed by atoms with Crippen LogP contribution in [0.25, 0.3) is 0 Å². The maximum absolute atomic E-state index is 12.6. The van der Waals surface area contributed by atoms with Gasteiger partial charge in [-0.05, 0) is 54.4 Å². The molecule has 0 bridgehead atoms. The molecule has 0 radical (unpaired) electrons. The average molecular weight is 534 g/mol. The first-order valence-electron chi connectivity index (χ1n) is 11.4. The number of benzene rings is 4. The van der Waals surface area contributed by atoms with Gasteiger partial charge in [0.1, 0.15) is 10.6 Å². The molecule has 38 heavy (non-hydrogen) atoms. The Morgan fingerprint density at radius 1 is 0.684 bits per heavy atom. The van der Waals surface area contributed by atoms with E-state index < -0.39 is 20.0 Å². The van der Waals surface area contributed by atoms with Crippen LogP contribution in [0.5, 0.6) is 5.75 Å². The van der Waals surface area contributed by atoms with Crippen molar-refractivity contribution in [1.29, 1.82) is 0 Å². The van der Waals surface area contributed by atoms with Crippen LogP contribution in [0.2, 0.25) is 0 Å². The van der Waals surface area contributed by atoms with Crippen LogP contribution >= 0.6 is 0 Å². The van der Waals surface area contributed by atoms with E-state index >= 15 is 0 Å². The summed E-state index contributed by atoms with van der Waals surface area (Å²) in [7, 11) is -4.01. The highest BCUT2D eigenvalue weighted by Gasteiger charge is 2.17. The molecule has 0 heterocycles. The van der Waals surface area contributed by atoms with E-state index in [-0.39, 0.29) is 22.0 Å². The quantitative estimate of drug-likeness (QED) is 0.142. The number of nitro benzene ring substituents is 2. The molecule has 0 aliphatic rings. The summed E-state index contributed by atoms with van der Waals surface area (Å²) in [5, 5.41) is 22.0. The van der Waals surface area contributed by atoms with E-state index in [1.807, 2.05) is 11.8 Å². The highest BCUT2D eigenvalue weighted by atomic mass is 32.2. The van der Waals surface area contributed by atoms with Crippen LogP contribution in [0.15, 0.2) is 102 Å². The summed E-state index contributed by atoms with van der Waals surface area (Å²) in [5.41, 5.74) is 3.22. The Morgan fingerprint density at radius 3 is 1.55 bits per heavy atom. The fraction of sp³-hybridized carbons (Fsp3) is 0.111. The molecular weight excluding hydrogens is 510 g/mol. The fourth-order valence-corrected chi connectivity index (χ4v) is 4.65. The lowest BCUT2D eigenvalue weighted by Crippen LogP contribution is -2.22. The zero-order chi connectivity index (χ0) is 27.3. The molecular formula is C27H23N3O7S. The van der Waals surface area contributed by atoms with Crippen molar-refractivity contribution in [3.63, 3.8) is 0 Å². The number of hydrogen-bond acceptors (Lipinski definition) is 8. The van der Waals surface area contributed by atoms with Crippen LogP contribution in [0, 0.1) is 27.2 Å². The van der Waals surface area contributed by atoms with E-state index in [1.54, 1.807) is 60.7 Å². The first kappa shape index (κ1) is 26.3. The lowest BCUT2D eigenvalue weighted by atomic mass is 10.1. The number of rotatable bonds is 10. The third kappa shape index (κ3) is 6.51. The highest BCUT2D eigenvalue weighted by molar-refractivity contribution is 7.87. The molecule has 4 rings (SSSR count). The Balaban J connectivity index is 1.57. The van der Waals surface area contributed by atoms with Crippen molar-refractivity contribution < 1.29 is 22.4 Å². The summed E-state index contributed by atoms with van der Waals surface area (Å²) in [6, 6.07) is 25.2. The predicted octanol–water partition coefficient (Wildman–Crippen LogP) is 5.79. The van der Waals surface area contributed by atoms with Gasteiger partial charge in [-0.3, -0.25) is 20.2 Å². The molecule has 4 aromatic carbocycles. The molecule has 0 unspecified atom stereocenters. The van der Waals surface area contributed by atoms with E-state index in [1.165, 1.54) is 36.4 Å². The molecule has 0 spiro atoms. The van der Waals surface area contributed by atoms with Gasteiger partial charge in [-0.1, -0.05) is 42.0 Å². The molecule has 0 fully saturated rings. The minimum atomic E-state index is -4.01. The maximum atomic E-state index is 12.6. The second-order valence-corrected chi connectivity index (χ2v) is 10.1. The normalized spacial score (nSPS) is 11.1. The number of anilines is 1. The van der Waals surface area contributed by atoms with Crippen molar-refractivity contribution in [1.82, 2.24) is 0 Å². The zero-order valence-electron chi connectivity index (χ0n) is 20.3. The molecule has 10 nitrogen and oxygen atoms in total. The third-order valence-corrected chi connectivity index (χ3v) is 7.02. The van der Waals surface area contributed by atoms with Crippen LogP contribution in [-0.2, 0) is 23.2 Å². The molecule has 194 valence electrons. The number of hydrogen-bond donors (Lipinski definition) is 0. The van der Waals surface area contributed by atoms with E-state index in [0.29, 0.717) is 13.1 Å². The van der Waals surface area contributed by atoms with Gasteiger partial charge < -0.3 is 9.08 Å². The minimum absolute atomic E-state index is 0.0213. The van der Waals surface area contributed by atoms with E-state index in [4.69, 9.17) is 4.18 Å². The van der Waals surface area contributed by atoms with E-state index in [0.717, 1.165) is 22.4 Å². The summed E-state index contributed by atoms with van der Waals surface area (Å²) in [4.78, 5) is 23.1. The molecule has 0 N–H and O–H groups in total. The van der Waals surface area contributed by atoms with Crippen LogP contribution in [-0.4, -0.2) is 18.3 Å². The summed E-state index contributed by atoms with van der Waals surface area (Å²) in [6.45, 7) is 2.60. The van der Waals surface area contributed by atoms with E-state index in [9.17, 15) is 28.6 Å². The van der Waals surface area contributed by atoms with Gasteiger partial charge in [-0.2, -0.15) is 8.42 Å². The molecule has 0 atom stereocenters. The predicted molar refractivity (Wildman–Crippen MR) is 142 cm³/mol. The van der Waals surface area contributed by atoms with Crippen LogP contribution in [0.4, 0.5) is 17.1 Å². The topological polar surface area (TPSA) is 133 Å². The number of aryl methyl sites for hydroxylation is 1. The molecule has 0 aliphatic heterocycles. The van der Waals surface area contributed by atoms with Crippen molar-refractivity contribution >= 4 is 27.2 Å². The lowest BCUT2D eigenvalue weighted by Gasteiger charge is -2.25. The standard InChI is InChI=1S/C27H23N3O7S/c1-20-2-16-27(17-3-20)38(35,36)37-26-14-12-23(13-15-26)28(18-21-4-8-24(9-5-21)29(31)32)19-22-6-10-25(11-7-22)30(33)34/h2-17H,18-19H2,1H3. The van der Waals surface area contributed by atoms with Gasteiger partial charge in [0.2, 0.25) is 0 Å². The van der Waals surface area contributed by atoms with Crippen molar-refractivity contribution in [2.24, 2.45) is 0 Å². The molecule has 4 aromatic rings. The van der Waals surface area contributed by atoms with E-state index in [2.05, 4.69) is 0 Å². The maximum Gasteiger partial charge on any atom is 0.339 e. The van der Waals surface area contributed by atoms with Crippen LogP contribution < -0.4 is 9.08 Å². The number of nitro groups is 2. The summed E-state index contributed by atoms with van der Waals surface area (Å²) < 4.78 is 30.6. The summed E-state index contributed by atoms with van der Waals surface area (Å²) in [5.74, 6) is 0.139. The number of nitrogens with zero attached hydrogens (tertiary/aromatic N) is 3. The largest absolute Gasteiger partial charge is 0.379 e. The van der Waals surface area contributed by atoms with Gasteiger partial charge in [-0.15, -0.1) is 0 Å². The Morgan fingerprint density at radius 2 is 1.13 bits per heavy atom. The second kappa shape index (κ2) is 11.1. The smallest absolute Gasteiger partial charge is 0.339 e. The fourth-order valence-electron chi connectivity index (χ4n) is 3.72. The molecule has 0 saturated carbocycles. The second-order valence-electron chi connectivity index (χ2n) is 8.55. The molecule has 11 heteroatoms. The third-order valence-electron chi connectivity index (χ3n) is 5.76. The van der Waals surface area contributed by atoms with Gasteiger partial charge >= 0.3 is 10.1 Å². The van der Waals surface area contributed by atoms with Gasteiger partial charge in [0.05, 0.1) is 9.85 Å². The summed E-state index contributed by atoms with van der Waals surface area (Å²) >= 11 is 0. The lowest BCUT2D eigenvalue weighted by molar-refractivity contribution is -0.385. The van der Waals surface area contributed by atoms with Crippen LogP contribution in [0.1, 0.15) is 16.7 Å². The highest BCUT2D eigenvalue weighted by Crippen LogP contribution is 2.26. The van der Waals surface area contributed by atoms with Gasteiger partial charge in [0.15, 0.2) is 0 Å². The molecule has 0 saturated heterocycles. The zero-order valence-corrected chi connectivity index (χ0v) is 21.1. The Labute approximate surface area is 219 Å². The first-order valence-corrected chi connectivity index (χ1v) is 12.8. The SMILES string of the molecule is Cc1ccc(S(=O)(=O)Oc2ccc(N(Cc3ccc([N+](=O)[O-])cc3)Cc3ccc([N+](=O)[O-])cc3)cc2)cc1. The number of non-ortho nitro benzene ring substituents is 2. The van der Waals surface area contributed by atoms with Crippen molar-refractivity contribution in [3.05, 3.63) is 134 Å². The average Bonchev–Trinajstić information content (AvgIpc) is 2.89. The Hall–Kier alpha value is -4.77. The monoisotopic (exact) mass is 533 g/mol. The van der Waals surface area contributed by atoms with Crippen molar-refractivity contribution in [2.75, 3.05) is 4.90 Å². The van der Waals surface area contributed by atoms with Crippen LogP contribution in [0.3, 0.4) is 0 Å². The Kier molecular flexibility index (Phi) is 7.68. The summed E-state index contributed by atoms with van der Waals surface area (Å²) in [6.07, 6.45) is 0. The van der Waals surface area contributed by atoms with Gasteiger partial charge in [0.25, 0.3) is 11.4 Å². The first-order chi connectivity index (χ1) is 18.1. The molecule has 0 aliphatic carbocycles. The molecule has 0 aromatic heterocycles. The van der Waals surface area contributed by atoms with Crippen molar-refractivity contribution in [3.8, 4) is 5.75 Å². The van der Waals surface area contributed by atoms with Gasteiger partial charge in [-0.25, -0.2) is 0 Å². The van der Waals surface area contributed by atoms with Crippen molar-refractivity contribution in [2.45, 2.75) is 24.9 Å². The molecule has 0 amide bonds.